The van der Waals surface area contributed by atoms with Crippen molar-refractivity contribution in [3.63, 3.8) is 0 Å². The summed E-state index contributed by atoms with van der Waals surface area (Å²) in [6.07, 6.45) is 0.0929. The highest BCUT2D eigenvalue weighted by Gasteiger charge is 2.36. The van der Waals surface area contributed by atoms with Gasteiger partial charge in [-0.2, -0.15) is 0 Å². The molecule has 0 aromatic heterocycles. The molecule has 3 rings (SSSR count). The number of hydrazine groups is 1. The molecular weight excluding hydrogens is 519 g/mol. The molecule has 11 heteroatoms. The van der Waals surface area contributed by atoms with E-state index < -0.39 is 29.6 Å². The molecule has 0 aliphatic carbocycles. The Bertz CT molecular complexity index is 1250. The number of anilines is 2. The van der Waals surface area contributed by atoms with Crippen molar-refractivity contribution in [2.75, 3.05) is 10.3 Å². The molecule has 1 unspecified atom stereocenters. The van der Waals surface area contributed by atoms with Crippen molar-refractivity contribution in [2.24, 2.45) is 5.73 Å². The summed E-state index contributed by atoms with van der Waals surface area (Å²) in [7, 11) is 0. The number of ether oxygens (including phenoxy) is 1. The number of urea groups is 1. The van der Waals surface area contributed by atoms with Crippen LogP contribution in [0.2, 0.25) is 10.0 Å². The van der Waals surface area contributed by atoms with E-state index in [2.05, 4.69) is 10.7 Å². The third-order valence-electron chi connectivity index (χ3n) is 5.14. The maximum absolute atomic E-state index is 13.6. The monoisotopic (exact) mass is 544 g/mol. The molecule has 0 bridgehead atoms. The zero-order valence-corrected chi connectivity index (χ0v) is 21.6. The largest absolute Gasteiger partial charge is 0.480 e. The zero-order chi connectivity index (χ0) is 27.2. The van der Waals surface area contributed by atoms with Crippen LogP contribution in [0.25, 0.3) is 0 Å². The van der Waals surface area contributed by atoms with Gasteiger partial charge in [0, 0.05) is 15.7 Å². The van der Waals surface area contributed by atoms with Crippen LogP contribution in [0.5, 0.6) is 5.75 Å². The number of amides is 3. The quantitative estimate of drug-likeness (QED) is 0.299. The summed E-state index contributed by atoms with van der Waals surface area (Å²) >= 11 is 12.0. The molecule has 3 amide bonds. The SMILES string of the molecule is CC(C)(Oc1ccccc1)C(=O)N(NC(=O)Nc1cc(Cl)cc(Cl)c1)c1ccc(CC(N)C(=O)O)cc1. The molecule has 1 atom stereocenters. The second-order valence-corrected chi connectivity index (χ2v) is 9.48. The van der Waals surface area contributed by atoms with Crippen LogP contribution >= 0.6 is 23.2 Å². The molecule has 194 valence electrons. The van der Waals surface area contributed by atoms with Crippen molar-refractivity contribution in [1.29, 1.82) is 0 Å². The van der Waals surface area contributed by atoms with E-state index in [1.807, 2.05) is 6.07 Å². The Labute approximate surface area is 224 Å². The Hall–Kier alpha value is -3.79. The summed E-state index contributed by atoms with van der Waals surface area (Å²) in [5.74, 6) is -1.23. The van der Waals surface area contributed by atoms with Crippen LogP contribution in [0.1, 0.15) is 19.4 Å². The third kappa shape index (κ3) is 7.85. The molecular formula is C26H26Cl2N4O5. The maximum Gasteiger partial charge on any atom is 0.338 e. The number of carboxylic acid groups (broad SMARTS) is 1. The van der Waals surface area contributed by atoms with E-state index in [1.54, 1.807) is 62.4 Å². The minimum atomic E-state index is -1.39. The van der Waals surface area contributed by atoms with E-state index in [0.29, 0.717) is 32.7 Å². The van der Waals surface area contributed by atoms with Crippen molar-refractivity contribution in [1.82, 2.24) is 5.43 Å². The van der Waals surface area contributed by atoms with Gasteiger partial charge < -0.3 is 20.9 Å². The molecule has 3 aromatic carbocycles. The van der Waals surface area contributed by atoms with Crippen molar-refractivity contribution >= 4 is 52.5 Å². The summed E-state index contributed by atoms with van der Waals surface area (Å²) in [5.41, 5.74) is 8.04. The minimum absolute atomic E-state index is 0.0929. The number of aliphatic carboxylic acids is 1. The predicted octanol–water partition coefficient (Wildman–Crippen LogP) is 4.88. The van der Waals surface area contributed by atoms with Gasteiger partial charge in [-0.05, 0) is 68.3 Å². The molecule has 0 aliphatic heterocycles. The zero-order valence-electron chi connectivity index (χ0n) is 20.1. The molecule has 0 heterocycles. The van der Waals surface area contributed by atoms with E-state index in [4.69, 9.17) is 38.8 Å². The average Bonchev–Trinajstić information content (AvgIpc) is 2.82. The minimum Gasteiger partial charge on any atom is -0.480 e. The molecule has 0 saturated heterocycles. The summed E-state index contributed by atoms with van der Waals surface area (Å²) in [4.78, 5) is 37.6. The highest BCUT2D eigenvalue weighted by molar-refractivity contribution is 6.35. The van der Waals surface area contributed by atoms with Crippen LogP contribution < -0.4 is 26.2 Å². The van der Waals surface area contributed by atoms with Crippen LogP contribution in [0.3, 0.4) is 0 Å². The topological polar surface area (TPSA) is 134 Å². The molecule has 0 saturated carbocycles. The average molecular weight is 545 g/mol. The van der Waals surface area contributed by atoms with Crippen LogP contribution in [-0.4, -0.2) is 34.7 Å². The summed E-state index contributed by atoms with van der Waals surface area (Å²) < 4.78 is 5.92. The molecule has 0 radical (unpaired) electrons. The fraction of sp³-hybridized carbons (Fsp3) is 0.192. The normalized spacial score (nSPS) is 11.8. The molecule has 9 nitrogen and oxygen atoms in total. The molecule has 0 spiro atoms. The molecule has 3 aromatic rings. The molecule has 0 aliphatic rings. The lowest BCUT2D eigenvalue weighted by Gasteiger charge is -2.32. The highest BCUT2D eigenvalue weighted by atomic mass is 35.5. The number of carbonyl (C=O) groups is 3. The standard InChI is InChI=1S/C26H26Cl2N4O5/c1-26(2,37-21-6-4-3-5-7-21)24(35)32(20-10-8-16(9-11-20)12-22(29)23(33)34)31-25(36)30-19-14-17(27)13-18(28)15-19/h3-11,13-15,22H,12,29H2,1-2H3,(H,33,34)(H2,30,31,36). The van der Waals surface area contributed by atoms with Crippen LogP contribution in [0, 0.1) is 0 Å². The Morgan fingerprint density at radius 2 is 1.59 bits per heavy atom. The lowest BCUT2D eigenvalue weighted by molar-refractivity contribution is -0.138. The number of carboxylic acids is 1. The van der Waals surface area contributed by atoms with Gasteiger partial charge in [-0.25, -0.2) is 15.2 Å². The highest BCUT2D eigenvalue weighted by Crippen LogP contribution is 2.25. The van der Waals surface area contributed by atoms with E-state index in [-0.39, 0.29) is 6.42 Å². The number of halogens is 2. The summed E-state index contributed by atoms with van der Waals surface area (Å²) in [6.45, 7) is 3.15. The van der Waals surface area contributed by atoms with Gasteiger partial charge in [0.2, 0.25) is 0 Å². The number of rotatable bonds is 8. The molecule has 0 fully saturated rings. The number of nitrogens with one attached hydrogen (secondary N) is 2. The predicted molar refractivity (Wildman–Crippen MR) is 143 cm³/mol. The fourth-order valence-electron chi connectivity index (χ4n) is 3.34. The van der Waals surface area contributed by atoms with Gasteiger partial charge in [0.25, 0.3) is 5.91 Å². The van der Waals surface area contributed by atoms with Crippen molar-refractivity contribution in [3.8, 4) is 5.75 Å². The van der Waals surface area contributed by atoms with Crippen LogP contribution in [0.4, 0.5) is 16.2 Å². The van der Waals surface area contributed by atoms with E-state index in [9.17, 15) is 14.4 Å². The van der Waals surface area contributed by atoms with Crippen molar-refractivity contribution < 1.29 is 24.2 Å². The lowest BCUT2D eigenvalue weighted by atomic mass is 10.1. The number of carbonyl (C=O) groups excluding carboxylic acids is 2. The number of para-hydroxylation sites is 1. The number of nitrogens with two attached hydrogens (primary N) is 1. The fourth-order valence-corrected chi connectivity index (χ4v) is 3.86. The van der Waals surface area contributed by atoms with E-state index >= 15 is 0 Å². The number of benzene rings is 3. The van der Waals surface area contributed by atoms with Gasteiger partial charge in [0.1, 0.15) is 11.8 Å². The molecule has 5 N–H and O–H groups in total. The lowest BCUT2D eigenvalue weighted by Crippen LogP contribution is -2.57. The van der Waals surface area contributed by atoms with Crippen molar-refractivity contribution in [3.05, 3.63) is 88.4 Å². The van der Waals surface area contributed by atoms with Gasteiger partial charge >= 0.3 is 12.0 Å². The van der Waals surface area contributed by atoms with Gasteiger partial charge in [-0.15, -0.1) is 0 Å². The van der Waals surface area contributed by atoms with Crippen LogP contribution in [0.15, 0.2) is 72.8 Å². The number of hydrogen-bond donors (Lipinski definition) is 4. The first-order valence-electron chi connectivity index (χ1n) is 11.1. The van der Waals surface area contributed by atoms with Gasteiger partial charge in [0.15, 0.2) is 5.60 Å². The second kappa shape index (κ2) is 12.0. The summed E-state index contributed by atoms with van der Waals surface area (Å²) in [5, 5.41) is 13.3. The Kier molecular flexibility index (Phi) is 8.99. The Morgan fingerprint density at radius 3 is 2.16 bits per heavy atom. The smallest absolute Gasteiger partial charge is 0.338 e. The first kappa shape index (κ1) is 27.8. The van der Waals surface area contributed by atoms with Gasteiger partial charge in [0.05, 0.1) is 5.69 Å². The second-order valence-electron chi connectivity index (χ2n) is 8.61. The summed E-state index contributed by atoms with van der Waals surface area (Å²) in [6, 6.07) is 17.9. The van der Waals surface area contributed by atoms with Gasteiger partial charge in [-0.1, -0.05) is 53.5 Å². The maximum atomic E-state index is 13.6. The third-order valence-corrected chi connectivity index (χ3v) is 5.57. The van der Waals surface area contributed by atoms with E-state index in [0.717, 1.165) is 5.01 Å². The van der Waals surface area contributed by atoms with Gasteiger partial charge in [-0.3, -0.25) is 9.59 Å². The van der Waals surface area contributed by atoms with E-state index in [1.165, 1.54) is 18.2 Å². The number of hydrogen-bond acceptors (Lipinski definition) is 5. The van der Waals surface area contributed by atoms with Crippen LogP contribution in [-0.2, 0) is 16.0 Å². The molecule has 37 heavy (non-hydrogen) atoms. The first-order chi connectivity index (χ1) is 17.4. The number of nitrogens with zero attached hydrogens (tertiary/aromatic N) is 1. The Balaban J connectivity index is 1.87. The first-order valence-corrected chi connectivity index (χ1v) is 11.9. The Morgan fingerprint density at radius 1 is 1.00 bits per heavy atom. The van der Waals surface area contributed by atoms with Crippen molar-refractivity contribution in [2.45, 2.75) is 31.9 Å².